The zero-order valence-electron chi connectivity index (χ0n) is 10.7. The predicted molar refractivity (Wildman–Crippen MR) is 74.3 cm³/mol. The van der Waals surface area contributed by atoms with Crippen LogP contribution in [-0.4, -0.2) is 12.5 Å². The fourth-order valence-electron chi connectivity index (χ4n) is 2.00. The van der Waals surface area contributed by atoms with Gasteiger partial charge in [0.25, 0.3) is 5.91 Å². The van der Waals surface area contributed by atoms with Gasteiger partial charge in [-0.3, -0.25) is 4.79 Å². The third-order valence-electron chi connectivity index (χ3n) is 3.02. The molecule has 0 fully saturated rings. The number of hydrogen-bond acceptors (Lipinski definition) is 3. The van der Waals surface area contributed by atoms with Crippen LogP contribution in [0.1, 0.15) is 5.56 Å². The van der Waals surface area contributed by atoms with Crippen molar-refractivity contribution >= 4 is 17.3 Å². The molecule has 2 aromatic carbocycles. The highest BCUT2D eigenvalue weighted by molar-refractivity contribution is 5.96. The molecule has 2 aromatic rings. The molecule has 0 saturated carbocycles. The molecule has 3 rings (SSSR count). The summed E-state index contributed by atoms with van der Waals surface area (Å²) in [5.74, 6) is 0.257. The first-order valence-electron chi connectivity index (χ1n) is 6.26. The minimum atomic E-state index is -0.248. The van der Waals surface area contributed by atoms with E-state index in [4.69, 9.17) is 4.74 Å². The molecule has 1 aliphatic rings. The first-order chi connectivity index (χ1) is 9.70. The lowest BCUT2D eigenvalue weighted by atomic mass is 10.2. The van der Waals surface area contributed by atoms with Crippen LogP contribution in [0.4, 0.5) is 15.8 Å². The number of anilines is 2. The molecule has 0 saturated heterocycles. The molecular formula is C15H13FN2O2. The largest absolute Gasteiger partial charge is 0.482 e. The Kier molecular flexibility index (Phi) is 3.25. The monoisotopic (exact) mass is 272 g/mol. The maximum Gasteiger partial charge on any atom is 0.262 e. The number of hydrogen-bond donors (Lipinski definition) is 2. The first kappa shape index (κ1) is 12.5. The van der Waals surface area contributed by atoms with E-state index >= 15 is 0 Å². The van der Waals surface area contributed by atoms with Crippen LogP contribution in [-0.2, 0) is 11.3 Å². The van der Waals surface area contributed by atoms with Gasteiger partial charge in [-0.25, -0.2) is 4.39 Å². The number of rotatable bonds is 3. The first-order valence-corrected chi connectivity index (χ1v) is 6.26. The second kappa shape index (κ2) is 5.21. The summed E-state index contributed by atoms with van der Waals surface area (Å²) in [4.78, 5) is 11.3. The van der Waals surface area contributed by atoms with Crippen molar-refractivity contribution in [2.75, 3.05) is 17.2 Å². The van der Waals surface area contributed by atoms with E-state index in [2.05, 4.69) is 10.6 Å². The highest BCUT2D eigenvalue weighted by atomic mass is 19.1. The average Bonchev–Trinajstić information content (AvgIpc) is 2.46. The molecule has 1 aliphatic heterocycles. The van der Waals surface area contributed by atoms with Crippen molar-refractivity contribution in [1.82, 2.24) is 0 Å². The molecule has 0 unspecified atom stereocenters. The molecule has 4 nitrogen and oxygen atoms in total. The van der Waals surface area contributed by atoms with E-state index in [0.717, 1.165) is 11.3 Å². The molecule has 0 spiro atoms. The molecule has 1 heterocycles. The van der Waals surface area contributed by atoms with Crippen molar-refractivity contribution in [3.8, 4) is 5.75 Å². The Morgan fingerprint density at radius 1 is 1.20 bits per heavy atom. The Morgan fingerprint density at radius 2 is 2.00 bits per heavy atom. The van der Waals surface area contributed by atoms with Crippen LogP contribution in [0, 0.1) is 5.82 Å². The molecule has 2 N–H and O–H groups in total. The van der Waals surface area contributed by atoms with E-state index in [9.17, 15) is 9.18 Å². The number of amides is 1. The van der Waals surface area contributed by atoms with Gasteiger partial charge in [0.05, 0.1) is 5.69 Å². The normalized spacial score (nSPS) is 13.2. The van der Waals surface area contributed by atoms with Crippen molar-refractivity contribution in [3.63, 3.8) is 0 Å². The molecule has 1 amide bonds. The maximum atomic E-state index is 12.8. The van der Waals surface area contributed by atoms with Crippen LogP contribution >= 0.6 is 0 Å². The van der Waals surface area contributed by atoms with Crippen molar-refractivity contribution in [1.29, 1.82) is 0 Å². The maximum absolute atomic E-state index is 12.8. The molecule has 0 aromatic heterocycles. The smallest absolute Gasteiger partial charge is 0.262 e. The van der Waals surface area contributed by atoms with Gasteiger partial charge in [-0.15, -0.1) is 0 Å². The fourth-order valence-corrected chi connectivity index (χ4v) is 2.00. The molecular weight excluding hydrogens is 259 g/mol. The summed E-state index contributed by atoms with van der Waals surface area (Å²) in [6, 6.07) is 11.8. The number of fused-ring (bicyclic) bond motifs is 1. The Bertz CT molecular complexity index is 641. The summed E-state index contributed by atoms with van der Waals surface area (Å²) >= 11 is 0. The lowest BCUT2D eigenvalue weighted by Gasteiger charge is -2.18. The quantitative estimate of drug-likeness (QED) is 0.903. The molecule has 20 heavy (non-hydrogen) atoms. The van der Waals surface area contributed by atoms with E-state index in [0.29, 0.717) is 18.0 Å². The van der Waals surface area contributed by atoms with Gasteiger partial charge in [-0.05, 0) is 35.9 Å². The topological polar surface area (TPSA) is 50.4 Å². The number of ether oxygens (including phenoxy) is 1. The van der Waals surface area contributed by atoms with Crippen LogP contribution < -0.4 is 15.4 Å². The van der Waals surface area contributed by atoms with Crippen LogP contribution in [0.2, 0.25) is 0 Å². The summed E-state index contributed by atoms with van der Waals surface area (Å²) in [6.07, 6.45) is 0. The van der Waals surface area contributed by atoms with Crippen molar-refractivity contribution in [2.24, 2.45) is 0 Å². The van der Waals surface area contributed by atoms with Crippen LogP contribution in [0.5, 0.6) is 5.75 Å². The minimum absolute atomic E-state index is 0.0509. The summed E-state index contributed by atoms with van der Waals surface area (Å²) in [5, 5.41) is 5.97. The molecule has 0 bridgehead atoms. The van der Waals surface area contributed by atoms with Gasteiger partial charge in [0.15, 0.2) is 6.61 Å². The third-order valence-corrected chi connectivity index (χ3v) is 3.02. The van der Waals surface area contributed by atoms with Gasteiger partial charge in [0.1, 0.15) is 11.6 Å². The van der Waals surface area contributed by atoms with E-state index in [-0.39, 0.29) is 18.3 Å². The molecule has 5 heteroatoms. The zero-order valence-corrected chi connectivity index (χ0v) is 10.7. The van der Waals surface area contributed by atoms with Crippen molar-refractivity contribution in [3.05, 3.63) is 53.8 Å². The minimum Gasteiger partial charge on any atom is -0.482 e. The highest BCUT2D eigenvalue weighted by Crippen LogP contribution is 2.30. The van der Waals surface area contributed by atoms with E-state index in [1.807, 2.05) is 18.2 Å². The fraction of sp³-hybridized carbons (Fsp3) is 0.133. The summed E-state index contributed by atoms with van der Waals surface area (Å²) in [5.41, 5.74) is 2.49. The summed E-state index contributed by atoms with van der Waals surface area (Å²) in [7, 11) is 0. The van der Waals surface area contributed by atoms with E-state index in [1.54, 1.807) is 12.1 Å². The lowest BCUT2D eigenvalue weighted by Crippen LogP contribution is -2.25. The van der Waals surface area contributed by atoms with Crippen LogP contribution in [0.25, 0.3) is 0 Å². The van der Waals surface area contributed by atoms with Gasteiger partial charge in [0.2, 0.25) is 0 Å². The Labute approximate surface area is 115 Å². The molecule has 0 aliphatic carbocycles. The van der Waals surface area contributed by atoms with Gasteiger partial charge >= 0.3 is 0 Å². The van der Waals surface area contributed by atoms with Gasteiger partial charge in [0, 0.05) is 12.2 Å². The number of halogens is 1. The van der Waals surface area contributed by atoms with Gasteiger partial charge in [-0.2, -0.15) is 0 Å². The number of carbonyl (C=O) groups excluding carboxylic acids is 1. The van der Waals surface area contributed by atoms with Gasteiger partial charge < -0.3 is 15.4 Å². The Balaban J connectivity index is 1.70. The Hall–Kier alpha value is -2.56. The third kappa shape index (κ3) is 2.71. The van der Waals surface area contributed by atoms with Crippen LogP contribution in [0.15, 0.2) is 42.5 Å². The summed E-state index contributed by atoms with van der Waals surface area (Å²) < 4.78 is 18.1. The number of carbonyl (C=O) groups is 1. The zero-order chi connectivity index (χ0) is 13.9. The van der Waals surface area contributed by atoms with E-state index in [1.165, 1.54) is 12.1 Å². The number of nitrogens with one attached hydrogen (secondary N) is 2. The van der Waals surface area contributed by atoms with Crippen molar-refractivity contribution < 1.29 is 13.9 Å². The van der Waals surface area contributed by atoms with Crippen molar-refractivity contribution in [2.45, 2.75) is 6.54 Å². The molecule has 0 atom stereocenters. The van der Waals surface area contributed by atoms with Gasteiger partial charge in [-0.1, -0.05) is 12.1 Å². The van der Waals surface area contributed by atoms with Crippen LogP contribution in [0.3, 0.4) is 0 Å². The Morgan fingerprint density at radius 3 is 2.80 bits per heavy atom. The highest BCUT2D eigenvalue weighted by Gasteiger charge is 2.15. The van der Waals surface area contributed by atoms with E-state index < -0.39 is 0 Å². The standard InChI is InChI=1S/C15H13FN2O2/c16-11-3-1-10(2-4-11)8-17-12-5-6-14-13(7-12)18-15(19)9-20-14/h1-7,17H,8-9H2,(H,18,19). The summed E-state index contributed by atoms with van der Waals surface area (Å²) in [6.45, 7) is 0.628. The second-order valence-electron chi connectivity index (χ2n) is 4.53. The predicted octanol–water partition coefficient (Wildman–Crippen LogP) is 2.77. The lowest BCUT2D eigenvalue weighted by molar-refractivity contribution is -0.118. The average molecular weight is 272 g/mol. The molecule has 102 valence electrons. The SMILES string of the molecule is O=C1COc2ccc(NCc3ccc(F)cc3)cc2N1. The second-order valence-corrected chi connectivity index (χ2v) is 4.53. The number of benzene rings is 2. The molecule has 0 radical (unpaired) electrons.